The van der Waals surface area contributed by atoms with Gasteiger partial charge in [0.2, 0.25) is 0 Å². The van der Waals surface area contributed by atoms with E-state index in [1.54, 1.807) is 13.4 Å². The van der Waals surface area contributed by atoms with Crippen LogP contribution in [0.15, 0.2) is 52.1 Å². The van der Waals surface area contributed by atoms with E-state index in [4.69, 9.17) is 14.1 Å². The maximum absolute atomic E-state index is 5.75. The third-order valence-electron chi connectivity index (χ3n) is 6.48. The molecule has 2 aromatic rings. The number of likely N-dealkylation sites (tertiary alicyclic amines) is 1. The lowest BCUT2D eigenvalue weighted by atomic mass is 10.1. The molecule has 182 valence electrons. The molecule has 0 aliphatic carbocycles. The molecule has 1 aromatic carbocycles. The fourth-order valence-electron chi connectivity index (χ4n) is 4.72. The van der Waals surface area contributed by atoms with Crippen molar-refractivity contribution in [1.29, 1.82) is 0 Å². The van der Waals surface area contributed by atoms with E-state index >= 15 is 0 Å². The molecule has 0 saturated carbocycles. The van der Waals surface area contributed by atoms with Crippen molar-refractivity contribution in [3.63, 3.8) is 0 Å². The Morgan fingerprint density at radius 2 is 2.03 bits per heavy atom. The van der Waals surface area contributed by atoms with Crippen LogP contribution >= 0.6 is 24.0 Å². The number of methoxy groups -OCH3 is 1. The Hall–Kier alpha value is -1.94. The Bertz CT molecular complexity index is 854. The van der Waals surface area contributed by atoms with Crippen LogP contribution in [0.3, 0.4) is 0 Å². The van der Waals surface area contributed by atoms with Gasteiger partial charge in [-0.25, -0.2) is 0 Å². The average molecular weight is 568 g/mol. The third-order valence-corrected chi connectivity index (χ3v) is 6.48. The number of hydrogen-bond acceptors (Lipinski definition) is 5. The van der Waals surface area contributed by atoms with E-state index in [2.05, 4.69) is 51.6 Å². The van der Waals surface area contributed by atoms with Crippen molar-refractivity contribution in [2.45, 2.75) is 32.2 Å². The highest BCUT2D eigenvalue weighted by Crippen LogP contribution is 2.27. The summed E-state index contributed by atoms with van der Waals surface area (Å²) < 4.78 is 11.1. The molecule has 2 fully saturated rings. The summed E-state index contributed by atoms with van der Waals surface area (Å²) in [5.41, 5.74) is 1.24. The van der Waals surface area contributed by atoms with Gasteiger partial charge >= 0.3 is 0 Å². The van der Waals surface area contributed by atoms with Crippen LogP contribution in [-0.2, 0) is 0 Å². The maximum Gasteiger partial charge on any atom is 0.191 e. The second kappa shape index (κ2) is 13.1. The van der Waals surface area contributed by atoms with E-state index in [0.717, 1.165) is 56.7 Å². The van der Waals surface area contributed by atoms with E-state index in [1.807, 2.05) is 12.1 Å². The van der Waals surface area contributed by atoms with Crippen LogP contribution in [0.25, 0.3) is 0 Å². The molecule has 33 heavy (non-hydrogen) atoms. The van der Waals surface area contributed by atoms with Crippen molar-refractivity contribution in [3.05, 3.63) is 48.4 Å². The molecule has 0 radical (unpaired) electrons. The summed E-state index contributed by atoms with van der Waals surface area (Å²) in [6.07, 6.45) is 5.45. The molecular weight excluding hydrogens is 529 g/mol. The summed E-state index contributed by atoms with van der Waals surface area (Å²) in [6.45, 7) is 8.93. The summed E-state index contributed by atoms with van der Waals surface area (Å²) in [5.74, 6) is 3.40. The minimum atomic E-state index is 0. The standard InChI is InChI=1S/C25H37N5O2.HI/c1-3-26-25(28-18-23(24-10-7-15-32-24)29-12-4-5-13-29)27-17-20-11-14-30(19-20)21-8-6-9-22(16-21)31-2;/h6-10,15-16,20,23H,3-5,11-14,17-19H2,1-2H3,(H2,26,27,28);1H. The maximum atomic E-state index is 5.75. The number of nitrogens with one attached hydrogen (secondary N) is 2. The highest BCUT2D eigenvalue weighted by molar-refractivity contribution is 14.0. The van der Waals surface area contributed by atoms with Crippen LogP contribution in [0.4, 0.5) is 5.69 Å². The fourth-order valence-corrected chi connectivity index (χ4v) is 4.72. The number of benzene rings is 1. The summed E-state index contributed by atoms with van der Waals surface area (Å²) in [7, 11) is 1.72. The molecule has 8 heteroatoms. The van der Waals surface area contributed by atoms with E-state index in [9.17, 15) is 0 Å². The van der Waals surface area contributed by atoms with Crippen LogP contribution in [0.1, 0.15) is 38.0 Å². The van der Waals surface area contributed by atoms with Crippen molar-refractivity contribution in [2.75, 3.05) is 57.8 Å². The van der Waals surface area contributed by atoms with E-state index < -0.39 is 0 Å². The van der Waals surface area contributed by atoms with Gasteiger partial charge in [0.25, 0.3) is 0 Å². The van der Waals surface area contributed by atoms with E-state index in [1.165, 1.54) is 24.9 Å². The zero-order valence-corrected chi connectivity index (χ0v) is 22.2. The van der Waals surface area contributed by atoms with Gasteiger partial charge in [0, 0.05) is 37.9 Å². The van der Waals surface area contributed by atoms with Crippen LogP contribution in [-0.4, -0.2) is 63.8 Å². The summed E-state index contributed by atoms with van der Waals surface area (Å²) >= 11 is 0. The van der Waals surface area contributed by atoms with Gasteiger partial charge in [-0.05, 0) is 69.5 Å². The Labute approximate surface area is 215 Å². The van der Waals surface area contributed by atoms with Gasteiger partial charge in [-0.2, -0.15) is 0 Å². The normalized spacial score (nSPS) is 19.9. The first-order valence-corrected chi connectivity index (χ1v) is 12.0. The van der Waals surface area contributed by atoms with Gasteiger partial charge in [0.1, 0.15) is 11.5 Å². The lowest BCUT2D eigenvalue weighted by molar-refractivity contribution is 0.221. The quantitative estimate of drug-likeness (QED) is 0.270. The van der Waals surface area contributed by atoms with Crippen molar-refractivity contribution in [3.8, 4) is 5.75 Å². The molecule has 2 N–H and O–H groups in total. The number of halogens is 1. The molecule has 2 aliphatic rings. The van der Waals surface area contributed by atoms with Crippen molar-refractivity contribution < 1.29 is 9.15 Å². The number of hydrogen-bond donors (Lipinski definition) is 2. The topological polar surface area (TPSA) is 65.3 Å². The molecule has 7 nitrogen and oxygen atoms in total. The van der Waals surface area contributed by atoms with Crippen LogP contribution < -0.4 is 20.3 Å². The number of ether oxygens (including phenoxy) is 1. The zero-order chi connectivity index (χ0) is 22.2. The Kier molecular flexibility index (Phi) is 10.2. The highest BCUT2D eigenvalue weighted by atomic mass is 127. The number of rotatable bonds is 9. The third kappa shape index (κ3) is 7.02. The molecule has 0 bridgehead atoms. The Balaban J connectivity index is 0.00000306. The molecule has 0 spiro atoms. The monoisotopic (exact) mass is 567 g/mol. The highest BCUT2D eigenvalue weighted by Gasteiger charge is 2.26. The van der Waals surface area contributed by atoms with Crippen LogP contribution in [0.2, 0.25) is 0 Å². The zero-order valence-electron chi connectivity index (χ0n) is 19.8. The first kappa shape index (κ1) is 25.7. The Morgan fingerprint density at radius 1 is 1.18 bits per heavy atom. The summed E-state index contributed by atoms with van der Waals surface area (Å²) in [6, 6.07) is 12.6. The first-order chi connectivity index (χ1) is 15.8. The summed E-state index contributed by atoms with van der Waals surface area (Å²) in [5, 5.41) is 7.00. The van der Waals surface area contributed by atoms with Crippen LogP contribution in [0.5, 0.6) is 5.75 Å². The van der Waals surface area contributed by atoms with Gasteiger partial charge in [-0.3, -0.25) is 9.89 Å². The van der Waals surface area contributed by atoms with Crippen molar-refractivity contribution >= 4 is 35.6 Å². The molecule has 2 saturated heterocycles. The molecule has 1 aromatic heterocycles. The van der Waals surface area contributed by atoms with E-state index in [0.29, 0.717) is 12.5 Å². The second-order valence-corrected chi connectivity index (χ2v) is 8.68. The van der Waals surface area contributed by atoms with Gasteiger partial charge in [-0.1, -0.05) is 6.07 Å². The minimum absolute atomic E-state index is 0. The number of nitrogens with zero attached hydrogens (tertiary/aromatic N) is 3. The van der Waals surface area contributed by atoms with Crippen molar-refractivity contribution in [1.82, 2.24) is 15.5 Å². The number of aliphatic imine (C=N–C) groups is 1. The SMILES string of the molecule is CCNC(=NCC(c1ccco1)N1CCCC1)NCC1CCN(c2cccc(OC)c2)C1.I. The molecular formula is C25H38IN5O2. The average Bonchev–Trinajstić information content (AvgIpc) is 3.61. The smallest absolute Gasteiger partial charge is 0.191 e. The van der Waals surface area contributed by atoms with E-state index in [-0.39, 0.29) is 30.0 Å². The van der Waals surface area contributed by atoms with Gasteiger partial charge in [0.05, 0.1) is 26.0 Å². The number of furan rings is 1. The molecule has 2 unspecified atom stereocenters. The lowest BCUT2D eigenvalue weighted by Gasteiger charge is -2.25. The minimum Gasteiger partial charge on any atom is -0.497 e. The van der Waals surface area contributed by atoms with Gasteiger partial charge in [-0.15, -0.1) is 24.0 Å². The second-order valence-electron chi connectivity index (χ2n) is 8.68. The number of anilines is 1. The van der Waals surface area contributed by atoms with Crippen LogP contribution in [0, 0.1) is 5.92 Å². The van der Waals surface area contributed by atoms with Gasteiger partial charge in [0.15, 0.2) is 5.96 Å². The molecule has 2 atom stereocenters. The number of guanidine groups is 1. The molecule has 2 aliphatic heterocycles. The predicted octanol–water partition coefficient (Wildman–Crippen LogP) is 4.12. The Morgan fingerprint density at radius 3 is 2.76 bits per heavy atom. The molecule has 0 amide bonds. The predicted molar refractivity (Wildman–Crippen MR) is 145 cm³/mol. The van der Waals surface area contributed by atoms with Gasteiger partial charge < -0.3 is 24.7 Å². The lowest BCUT2D eigenvalue weighted by Crippen LogP contribution is -2.41. The molecule has 4 rings (SSSR count). The largest absolute Gasteiger partial charge is 0.497 e. The first-order valence-electron chi connectivity index (χ1n) is 12.0. The molecule has 3 heterocycles. The summed E-state index contributed by atoms with van der Waals surface area (Å²) in [4.78, 5) is 9.88. The van der Waals surface area contributed by atoms with Crippen molar-refractivity contribution in [2.24, 2.45) is 10.9 Å². The fraction of sp³-hybridized carbons (Fsp3) is 0.560.